The number of hydrogen-bond acceptors (Lipinski definition) is 1. The molecule has 2 fully saturated rings. The summed E-state index contributed by atoms with van der Waals surface area (Å²) < 4.78 is 0. The van der Waals surface area contributed by atoms with Gasteiger partial charge in [-0.15, -0.1) is 0 Å². The molecule has 1 atom stereocenters. The van der Waals surface area contributed by atoms with Crippen molar-refractivity contribution in [3.63, 3.8) is 0 Å². The lowest BCUT2D eigenvalue weighted by atomic mass is 9.57. The van der Waals surface area contributed by atoms with Crippen molar-refractivity contribution in [1.29, 1.82) is 0 Å². The van der Waals surface area contributed by atoms with Crippen LogP contribution in [0.5, 0.6) is 0 Å². The molecule has 17 heavy (non-hydrogen) atoms. The van der Waals surface area contributed by atoms with Crippen LogP contribution in [0.25, 0.3) is 0 Å². The summed E-state index contributed by atoms with van der Waals surface area (Å²) in [7, 11) is 0. The molecule has 1 heteroatoms. The molecule has 0 radical (unpaired) electrons. The van der Waals surface area contributed by atoms with Gasteiger partial charge in [-0.2, -0.15) is 0 Å². The first-order valence-electron chi connectivity index (χ1n) is 7.96. The Kier molecular flexibility index (Phi) is 4.90. The van der Waals surface area contributed by atoms with Gasteiger partial charge in [0.1, 0.15) is 0 Å². The molecule has 100 valence electrons. The van der Waals surface area contributed by atoms with Crippen LogP contribution in [-0.2, 0) is 0 Å². The third-order valence-corrected chi connectivity index (χ3v) is 5.12. The summed E-state index contributed by atoms with van der Waals surface area (Å²) in [6.07, 6.45) is 14.6. The first kappa shape index (κ1) is 13.4. The van der Waals surface area contributed by atoms with Crippen molar-refractivity contribution >= 4 is 0 Å². The molecule has 0 aromatic heterocycles. The van der Waals surface area contributed by atoms with Crippen LogP contribution in [0.3, 0.4) is 0 Å². The van der Waals surface area contributed by atoms with Gasteiger partial charge in [-0.05, 0) is 50.0 Å². The molecule has 0 aromatic carbocycles. The summed E-state index contributed by atoms with van der Waals surface area (Å²) in [6.45, 7) is 5.92. The Bertz CT molecular complexity index is 216. The zero-order valence-corrected chi connectivity index (χ0v) is 11.9. The Balaban J connectivity index is 1.59. The van der Waals surface area contributed by atoms with Crippen LogP contribution < -0.4 is 5.32 Å². The standard InChI is InChI=1S/C16H31N/c1-14(2)8-4-7-13-17-15-9-12-16(15)10-5-3-6-11-16/h14-15,17H,3-13H2,1-2H3. The normalized spacial score (nSPS) is 27.4. The maximum atomic E-state index is 3.85. The van der Waals surface area contributed by atoms with Crippen LogP contribution in [0.2, 0.25) is 0 Å². The van der Waals surface area contributed by atoms with Gasteiger partial charge in [0.2, 0.25) is 0 Å². The first-order valence-corrected chi connectivity index (χ1v) is 7.96. The molecule has 2 saturated carbocycles. The molecule has 0 aliphatic heterocycles. The van der Waals surface area contributed by atoms with Gasteiger partial charge in [-0.1, -0.05) is 46.0 Å². The van der Waals surface area contributed by atoms with Crippen molar-refractivity contribution in [3.8, 4) is 0 Å². The van der Waals surface area contributed by atoms with E-state index in [1.807, 2.05) is 0 Å². The molecule has 0 aromatic rings. The molecule has 0 amide bonds. The Morgan fingerprint density at radius 3 is 2.41 bits per heavy atom. The van der Waals surface area contributed by atoms with Crippen LogP contribution in [0.15, 0.2) is 0 Å². The first-order chi connectivity index (χ1) is 8.23. The summed E-state index contributed by atoms with van der Waals surface area (Å²) in [4.78, 5) is 0. The fourth-order valence-corrected chi connectivity index (χ4v) is 3.82. The summed E-state index contributed by atoms with van der Waals surface area (Å²) in [5.74, 6) is 0.878. The lowest BCUT2D eigenvalue weighted by Crippen LogP contribution is -2.54. The van der Waals surface area contributed by atoms with E-state index in [4.69, 9.17) is 0 Å². The third-order valence-electron chi connectivity index (χ3n) is 5.12. The van der Waals surface area contributed by atoms with Crippen LogP contribution in [0, 0.1) is 11.3 Å². The minimum absolute atomic E-state index is 0.746. The molecule has 1 unspecified atom stereocenters. The predicted molar refractivity (Wildman–Crippen MR) is 75.2 cm³/mol. The van der Waals surface area contributed by atoms with Crippen molar-refractivity contribution in [2.45, 2.75) is 84.1 Å². The summed E-state index contributed by atoms with van der Waals surface area (Å²) >= 11 is 0. The SMILES string of the molecule is CC(C)CCCCNC1CCC12CCCCC2. The zero-order valence-electron chi connectivity index (χ0n) is 11.9. The summed E-state index contributed by atoms with van der Waals surface area (Å²) in [5.41, 5.74) is 0.746. The molecule has 2 aliphatic rings. The quantitative estimate of drug-likeness (QED) is 0.670. The summed E-state index contributed by atoms with van der Waals surface area (Å²) in [6, 6.07) is 0.877. The van der Waals surface area contributed by atoms with Crippen LogP contribution in [0.1, 0.15) is 78.1 Å². The molecule has 0 bridgehead atoms. The minimum Gasteiger partial charge on any atom is -0.313 e. The second-order valence-corrected chi connectivity index (χ2v) is 6.86. The van der Waals surface area contributed by atoms with E-state index < -0.39 is 0 Å². The van der Waals surface area contributed by atoms with Crippen LogP contribution in [-0.4, -0.2) is 12.6 Å². The Morgan fingerprint density at radius 1 is 1.06 bits per heavy atom. The minimum atomic E-state index is 0.746. The maximum absolute atomic E-state index is 3.85. The molecule has 0 saturated heterocycles. The van der Waals surface area contributed by atoms with Gasteiger partial charge in [-0.3, -0.25) is 0 Å². The zero-order chi connectivity index (χ0) is 12.1. The third kappa shape index (κ3) is 3.47. The molecule has 0 heterocycles. The lowest BCUT2D eigenvalue weighted by molar-refractivity contribution is 0.0231. The van der Waals surface area contributed by atoms with E-state index >= 15 is 0 Å². The van der Waals surface area contributed by atoms with E-state index in [2.05, 4.69) is 19.2 Å². The van der Waals surface area contributed by atoms with Gasteiger partial charge in [-0.25, -0.2) is 0 Å². The maximum Gasteiger partial charge on any atom is 0.0124 e. The van der Waals surface area contributed by atoms with E-state index in [1.54, 1.807) is 0 Å². The lowest BCUT2D eigenvalue weighted by Gasteiger charge is -2.52. The van der Waals surface area contributed by atoms with E-state index in [0.717, 1.165) is 17.4 Å². The Morgan fingerprint density at radius 2 is 1.82 bits per heavy atom. The van der Waals surface area contributed by atoms with Gasteiger partial charge in [0.25, 0.3) is 0 Å². The van der Waals surface area contributed by atoms with Crippen LogP contribution in [0.4, 0.5) is 0 Å². The predicted octanol–water partition coefficient (Wildman–Crippen LogP) is 4.52. The fourth-order valence-electron chi connectivity index (χ4n) is 3.82. The van der Waals surface area contributed by atoms with Crippen molar-refractivity contribution in [2.75, 3.05) is 6.54 Å². The number of unbranched alkanes of at least 4 members (excludes halogenated alkanes) is 1. The fraction of sp³-hybridized carbons (Fsp3) is 1.00. The van der Waals surface area contributed by atoms with E-state index in [0.29, 0.717) is 0 Å². The van der Waals surface area contributed by atoms with Crippen molar-refractivity contribution in [3.05, 3.63) is 0 Å². The number of hydrogen-bond donors (Lipinski definition) is 1. The highest BCUT2D eigenvalue weighted by Gasteiger charge is 2.46. The molecule has 2 rings (SSSR count). The van der Waals surface area contributed by atoms with Gasteiger partial charge < -0.3 is 5.32 Å². The highest BCUT2D eigenvalue weighted by atomic mass is 15.0. The van der Waals surface area contributed by atoms with Crippen LogP contribution >= 0.6 is 0 Å². The molecular formula is C16H31N. The van der Waals surface area contributed by atoms with Crippen molar-refractivity contribution < 1.29 is 0 Å². The average Bonchev–Trinajstić information content (AvgIpc) is 2.33. The molecule has 1 nitrogen and oxygen atoms in total. The van der Waals surface area contributed by atoms with E-state index in [9.17, 15) is 0 Å². The van der Waals surface area contributed by atoms with E-state index in [1.165, 1.54) is 70.8 Å². The van der Waals surface area contributed by atoms with Gasteiger partial charge >= 0.3 is 0 Å². The molecule has 2 aliphatic carbocycles. The molecule has 1 N–H and O–H groups in total. The highest BCUT2D eigenvalue weighted by molar-refractivity contribution is 5.01. The smallest absolute Gasteiger partial charge is 0.0124 e. The number of rotatable bonds is 6. The second kappa shape index (κ2) is 6.22. The molecular weight excluding hydrogens is 206 g/mol. The van der Waals surface area contributed by atoms with Crippen molar-refractivity contribution in [2.24, 2.45) is 11.3 Å². The van der Waals surface area contributed by atoms with Crippen molar-refractivity contribution in [1.82, 2.24) is 5.32 Å². The van der Waals surface area contributed by atoms with Gasteiger partial charge in [0.05, 0.1) is 0 Å². The largest absolute Gasteiger partial charge is 0.313 e. The second-order valence-electron chi connectivity index (χ2n) is 6.86. The average molecular weight is 237 g/mol. The van der Waals surface area contributed by atoms with Gasteiger partial charge in [0.15, 0.2) is 0 Å². The monoisotopic (exact) mass is 237 g/mol. The molecule has 1 spiro atoms. The van der Waals surface area contributed by atoms with E-state index in [-0.39, 0.29) is 0 Å². The van der Waals surface area contributed by atoms with Gasteiger partial charge in [0, 0.05) is 6.04 Å². The summed E-state index contributed by atoms with van der Waals surface area (Å²) in [5, 5.41) is 3.85. The Hall–Kier alpha value is -0.0400. The number of nitrogens with one attached hydrogen (secondary N) is 1. The highest BCUT2D eigenvalue weighted by Crippen LogP contribution is 2.51. The topological polar surface area (TPSA) is 12.0 Å². The Labute approximate surface area is 108 Å².